The summed E-state index contributed by atoms with van der Waals surface area (Å²) in [6.45, 7) is 9.63. The van der Waals surface area contributed by atoms with Crippen LogP contribution in [0.15, 0.2) is 42.5 Å². The summed E-state index contributed by atoms with van der Waals surface area (Å²) in [5, 5.41) is 9.30. The van der Waals surface area contributed by atoms with Gasteiger partial charge in [-0.25, -0.2) is 4.79 Å². The lowest BCUT2D eigenvalue weighted by atomic mass is 10.0. The SMILES string of the molecule is CCCCCCOc1ccc(C(=O)C=Cc2cc(C)c(OC(C)(C)C(=O)O)c(C)c2)cc1. The van der Waals surface area contributed by atoms with Gasteiger partial charge in [-0.2, -0.15) is 0 Å². The number of hydrogen-bond donors (Lipinski definition) is 1. The zero-order valence-corrected chi connectivity index (χ0v) is 19.7. The third-order valence-electron chi connectivity index (χ3n) is 5.19. The summed E-state index contributed by atoms with van der Waals surface area (Å²) in [7, 11) is 0. The van der Waals surface area contributed by atoms with Crippen molar-refractivity contribution in [3.05, 3.63) is 64.7 Å². The summed E-state index contributed by atoms with van der Waals surface area (Å²) in [5.74, 6) is 0.195. The molecular weight excluding hydrogens is 404 g/mol. The number of hydrogen-bond acceptors (Lipinski definition) is 4. The Labute approximate surface area is 191 Å². The maximum absolute atomic E-state index is 12.5. The first kappa shape index (κ1) is 25.2. The van der Waals surface area contributed by atoms with Gasteiger partial charge in [-0.05, 0) is 93.3 Å². The summed E-state index contributed by atoms with van der Waals surface area (Å²) in [6.07, 6.45) is 7.92. The molecule has 0 saturated heterocycles. The van der Waals surface area contributed by atoms with E-state index in [2.05, 4.69) is 6.92 Å². The van der Waals surface area contributed by atoms with Crippen LogP contribution in [0.1, 0.15) is 73.5 Å². The lowest BCUT2D eigenvalue weighted by Gasteiger charge is -2.24. The lowest BCUT2D eigenvalue weighted by Crippen LogP contribution is -2.38. The van der Waals surface area contributed by atoms with Gasteiger partial charge in [-0.1, -0.05) is 32.3 Å². The molecule has 0 saturated carbocycles. The minimum atomic E-state index is -1.33. The van der Waals surface area contributed by atoms with E-state index >= 15 is 0 Å². The number of carbonyl (C=O) groups is 2. The average Bonchev–Trinajstić information content (AvgIpc) is 2.75. The molecule has 2 aromatic carbocycles. The molecule has 0 aliphatic carbocycles. The number of allylic oxidation sites excluding steroid dienone is 1. The molecule has 0 atom stereocenters. The minimum absolute atomic E-state index is 0.0952. The second kappa shape index (κ2) is 11.5. The molecule has 1 N–H and O–H groups in total. The third-order valence-corrected chi connectivity index (χ3v) is 5.19. The average molecular weight is 439 g/mol. The van der Waals surface area contributed by atoms with Crippen molar-refractivity contribution in [2.45, 2.75) is 65.9 Å². The van der Waals surface area contributed by atoms with Gasteiger partial charge in [-0.15, -0.1) is 0 Å². The van der Waals surface area contributed by atoms with E-state index in [4.69, 9.17) is 9.47 Å². The molecule has 0 heterocycles. The van der Waals surface area contributed by atoms with Crippen LogP contribution < -0.4 is 9.47 Å². The maximum atomic E-state index is 12.5. The van der Waals surface area contributed by atoms with Crippen LogP contribution in [-0.2, 0) is 4.79 Å². The smallest absolute Gasteiger partial charge is 0.347 e. The Morgan fingerprint density at radius 1 is 1.00 bits per heavy atom. The zero-order chi connectivity index (χ0) is 23.7. The van der Waals surface area contributed by atoms with Gasteiger partial charge in [0.2, 0.25) is 0 Å². The van der Waals surface area contributed by atoms with Crippen LogP contribution in [0.25, 0.3) is 6.08 Å². The number of aliphatic carboxylic acids is 1. The van der Waals surface area contributed by atoms with Gasteiger partial charge < -0.3 is 14.6 Å². The maximum Gasteiger partial charge on any atom is 0.347 e. The standard InChI is InChI=1S/C27H34O5/c1-6-7-8-9-16-31-23-13-11-22(12-14-23)24(28)15-10-21-17-19(2)25(20(3)18-21)32-27(4,5)26(29)30/h10-15,17-18H,6-9,16H2,1-5H3,(H,29,30). The first-order valence-corrected chi connectivity index (χ1v) is 11.1. The van der Waals surface area contributed by atoms with Crippen LogP contribution in [-0.4, -0.2) is 29.1 Å². The fourth-order valence-corrected chi connectivity index (χ4v) is 3.24. The van der Waals surface area contributed by atoms with E-state index < -0.39 is 11.6 Å². The second-order valence-corrected chi connectivity index (χ2v) is 8.53. The first-order chi connectivity index (χ1) is 15.1. The molecule has 0 spiro atoms. The topological polar surface area (TPSA) is 72.8 Å². The number of ether oxygens (including phenoxy) is 2. The Morgan fingerprint density at radius 2 is 1.62 bits per heavy atom. The van der Waals surface area contributed by atoms with Gasteiger partial charge in [-0.3, -0.25) is 4.79 Å². The number of carboxylic acid groups (broad SMARTS) is 1. The van der Waals surface area contributed by atoms with Crippen molar-refractivity contribution in [2.24, 2.45) is 0 Å². The van der Waals surface area contributed by atoms with Crippen molar-refractivity contribution < 1.29 is 24.2 Å². The fourth-order valence-electron chi connectivity index (χ4n) is 3.24. The lowest BCUT2D eigenvalue weighted by molar-refractivity contribution is -0.152. The van der Waals surface area contributed by atoms with Gasteiger partial charge >= 0.3 is 5.97 Å². The molecule has 0 bridgehead atoms. The Hall–Kier alpha value is -3.08. The Morgan fingerprint density at radius 3 is 2.19 bits per heavy atom. The number of rotatable bonds is 12. The van der Waals surface area contributed by atoms with E-state index in [1.54, 1.807) is 18.2 Å². The van der Waals surface area contributed by atoms with E-state index in [0.29, 0.717) is 17.9 Å². The van der Waals surface area contributed by atoms with Gasteiger partial charge in [0.05, 0.1) is 6.61 Å². The number of benzene rings is 2. The van der Waals surface area contributed by atoms with Crippen molar-refractivity contribution in [3.63, 3.8) is 0 Å². The molecule has 0 amide bonds. The van der Waals surface area contributed by atoms with Crippen LogP contribution in [0, 0.1) is 13.8 Å². The molecule has 32 heavy (non-hydrogen) atoms. The monoisotopic (exact) mass is 438 g/mol. The summed E-state index contributed by atoms with van der Waals surface area (Å²) in [6, 6.07) is 10.9. The fraction of sp³-hybridized carbons (Fsp3) is 0.407. The Balaban J connectivity index is 2.02. The van der Waals surface area contributed by atoms with E-state index in [1.165, 1.54) is 39.2 Å². The Kier molecular flexibility index (Phi) is 9.06. The normalized spacial score (nSPS) is 11.5. The molecule has 2 rings (SSSR count). The summed E-state index contributed by atoms with van der Waals surface area (Å²) < 4.78 is 11.5. The van der Waals surface area contributed by atoms with Crippen molar-refractivity contribution in [1.29, 1.82) is 0 Å². The summed E-state index contributed by atoms with van der Waals surface area (Å²) in [5.41, 5.74) is 1.74. The molecule has 5 nitrogen and oxygen atoms in total. The zero-order valence-electron chi connectivity index (χ0n) is 19.7. The molecule has 5 heteroatoms. The highest BCUT2D eigenvalue weighted by Gasteiger charge is 2.30. The van der Waals surface area contributed by atoms with Crippen molar-refractivity contribution in [1.82, 2.24) is 0 Å². The van der Waals surface area contributed by atoms with Gasteiger partial charge in [0.15, 0.2) is 11.4 Å². The first-order valence-electron chi connectivity index (χ1n) is 11.1. The number of carbonyl (C=O) groups excluding carboxylic acids is 1. The van der Waals surface area contributed by atoms with Crippen LogP contribution in [0.3, 0.4) is 0 Å². The molecule has 0 aliphatic heterocycles. The highest BCUT2D eigenvalue weighted by molar-refractivity contribution is 6.06. The van der Waals surface area contributed by atoms with Crippen molar-refractivity contribution in [2.75, 3.05) is 6.61 Å². The molecule has 2 aromatic rings. The van der Waals surface area contributed by atoms with Crippen LogP contribution >= 0.6 is 0 Å². The molecule has 172 valence electrons. The van der Waals surface area contributed by atoms with Crippen molar-refractivity contribution >= 4 is 17.8 Å². The van der Waals surface area contributed by atoms with Crippen LogP contribution in [0.4, 0.5) is 0 Å². The Bertz CT molecular complexity index is 932. The van der Waals surface area contributed by atoms with Crippen LogP contribution in [0.5, 0.6) is 11.5 Å². The molecule has 0 fully saturated rings. The minimum Gasteiger partial charge on any atom is -0.494 e. The molecular formula is C27H34O5. The predicted octanol–water partition coefficient (Wildman–Crippen LogP) is 6.40. The van der Waals surface area contributed by atoms with Gasteiger partial charge in [0.1, 0.15) is 11.5 Å². The summed E-state index contributed by atoms with van der Waals surface area (Å²) in [4.78, 5) is 23.9. The molecule has 0 radical (unpaired) electrons. The predicted molar refractivity (Wildman–Crippen MR) is 128 cm³/mol. The van der Waals surface area contributed by atoms with E-state index in [9.17, 15) is 14.7 Å². The number of carboxylic acids is 1. The highest BCUT2D eigenvalue weighted by Crippen LogP contribution is 2.29. The molecule has 0 aromatic heterocycles. The highest BCUT2D eigenvalue weighted by atomic mass is 16.5. The van der Waals surface area contributed by atoms with Gasteiger partial charge in [0.25, 0.3) is 0 Å². The van der Waals surface area contributed by atoms with Crippen LogP contribution in [0.2, 0.25) is 0 Å². The quantitative estimate of drug-likeness (QED) is 0.236. The third kappa shape index (κ3) is 7.26. The second-order valence-electron chi connectivity index (χ2n) is 8.53. The van der Waals surface area contributed by atoms with E-state index in [0.717, 1.165) is 28.9 Å². The van der Waals surface area contributed by atoms with E-state index in [1.807, 2.05) is 38.1 Å². The van der Waals surface area contributed by atoms with E-state index in [-0.39, 0.29) is 5.78 Å². The molecule has 0 unspecified atom stereocenters. The van der Waals surface area contributed by atoms with Gasteiger partial charge in [0, 0.05) is 5.56 Å². The van der Waals surface area contributed by atoms with Crippen molar-refractivity contribution in [3.8, 4) is 11.5 Å². The largest absolute Gasteiger partial charge is 0.494 e. The summed E-state index contributed by atoms with van der Waals surface area (Å²) >= 11 is 0. The molecule has 0 aliphatic rings. The number of aryl methyl sites for hydroxylation is 2. The number of ketones is 1. The number of unbranched alkanes of at least 4 members (excludes halogenated alkanes) is 3.